The maximum atomic E-state index is 12.2. The number of halogens is 3. The summed E-state index contributed by atoms with van der Waals surface area (Å²) in [5, 5.41) is 2.13. The molecule has 1 fully saturated rings. The first-order valence-corrected chi connectivity index (χ1v) is 7.79. The standard InChI is InChI=1S/C17H19F3N2O/c18-17(19,20)6-10-22-8-4-15(5-9-22)23-16-2-1-14-12-21-7-3-13(14)11-16/h1-3,7,11-12,15H,4-6,8-10H2. The maximum absolute atomic E-state index is 12.2. The summed E-state index contributed by atoms with van der Waals surface area (Å²) in [6, 6.07) is 7.80. The Bertz CT molecular complexity index is 652. The average Bonchev–Trinajstić information content (AvgIpc) is 2.53. The molecule has 124 valence electrons. The molecule has 1 aliphatic rings. The summed E-state index contributed by atoms with van der Waals surface area (Å²) in [6.07, 6.45) is 0.309. The fourth-order valence-corrected chi connectivity index (χ4v) is 2.86. The lowest BCUT2D eigenvalue weighted by molar-refractivity contribution is -0.138. The van der Waals surface area contributed by atoms with Gasteiger partial charge in [-0.05, 0) is 42.5 Å². The molecular weight excluding hydrogens is 305 g/mol. The number of hydrogen-bond acceptors (Lipinski definition) is 3. The van der Waals surface area contributed by atoms with Crippen LogP contribution in [0.15, 0.2) is 36.7 Å². The monoisotopic (exact) mass is 324 g/mol. The van der Waals surface area contributed by atoms with Gasteiger partial charge in [-0.15, -0.1) is 0 Å². The van der Waals surface area contributed by atoms with Gasteiger partial charge in [0.05, 0.1) is 6.42 Å². The van der Waals surface area contributed by atoms with Crippen LogP contribution in [0.4, 0.5) is 13.2 Å². The Balaban J connectivity index is 1.51. The highest BCUT2D eigenvalue weighted by Gasteiger charge is 2.29. The third-order valence-electron chi connectivity index (χ3n) is 4.16. The highest BCUT2D eigenvalue weighted by atomic mass is 19.4. The largest absolute Gasteiger partial charge is 0.490 e. The van der Waals surface area contributed by atoms with Crippen molar-refractivity contribution in [3.63, 3.8) is 0 Å². The average molecular weight is 324 g/mol. The van der Waals surface area contributed by atoms with E-state index in [1.807, 2.05) is 29.2 Å². The molecule has 23 heavy (non-hydrogen) atoms. The second kappa shape index (κ2) is 6.74. The molecule has 0 spiro atoms. The molecule has 2 aromatic rings. The summed E-state index contributed by atoms with van der Waals surface area (Å²) in [5.74, 6) is 0.803. The second-order valence-corrected chi connectivity index (χ2v) is 5.91. The van der Waals surface area contributed by atoms with Crippen LogP contribution in [0.5, 0.6) is 5.75 Å². The van der Waals surface area contributed by atoms with Gasteiger partial charge < -0.3 is 9.64 Å². The molecule has 0 radical (unpaired) electrons. The van der Waals surface area contributed by atoms with Gasteiger partial charge in [-0.2, -0.15) is 13.2 Å². The predicted octanol–water partition coefficient (Wildman–Crippen LogP) is 4.03. The molecule has 1 saturated heterocycles. The van der Waals surface area contributed by atoms with Gasteiger partial charge in [0.25, 0.3) is 0 Å². The topological polar surface area (TPSA) is 25.4 Å². The highest BCUT2D eigenvalue weighted by molar-refractivity contribution is 5.82. The molecule has 1 aliphatic heterocycles. The zero-order chi connectivity index (χ0) is 16.3. The predicted molar refractivity (Wildman–Crippen MR) is 82.5 cm³/mol. The Labute approximate surface area is 133 Å². The minimum Gasteiger partial charge on any atom is -0.490 e. The summed E-state index contributed by atoms with van der Waals surface area (Å²) < 4.78 is 42.7. The van der Waals surface area contributed by atoms with Gasteiger partial charge >= 0.3 is 6.18 Å². The van der Waals surface area contributed by atoms with Gasteiger partial charge in [0.15, 0.2) is 0 Å². The van der Waals surface area contributed by atoms with Crippen molar-refractivity contribution in [1.29, 1.82) is 0 Å². The van der Waals surface area contributed by atoms with Crippen LogP contribution < -0.4 is 4.74 Å². The van der Waals surface area contributed by atoms with E-state index in [1.54, 1.807) is 12.4 Å². The van der Waals surface area contributed by atoms with E-state index in [9.17, 15) is 13.2 Å². The van der Waals surface area contributed by atoms with E-state index in [0.717, 1.165) is 29.4 Å². The van der Waals surface area contributed by atoms with Gasteiger partial charge in [0.1, 0.15) is 11.9 Å². The molecule has 3 rings (SSSR count). The van der Waals surface area contributed by atoms with E-state index in [1.165, 1.54) is 0 Å². The SMILES string of the molecule is FC(F)(F)CCN1CCC(Oc2ccc3cnccc3c2)CC1. The van der Waals surface area contributed by atoms with Gasteiger partial charge in [0, 0.05) is 37.4 Å². The molecule has 0 bridgehead atoms. The third kappa shape index (κ3) is 4.58. The van der Waals surface area contributed by atoms with Gasteiger partial charge in [-0.3, -0.25) is 4.98 Å². The number of ether oxygens (including phenoxy) is 1. The van der Waals surface area contributed by atoms with Gasteiger partial charge in [-0.25, -0.2) is 0 Å². The zero-order valence-electron chi connectivity index (χ0n) is 12.7. The fraction of sp³-hybridized carbons (Fsp3) is 0.471. The first-order valence-electron chi connectivity index (χ1n) is 7.79. The second-order valence-electron chi connectivity index (χ2n) is 5.91. The third-order valence-corrected chi connectivity index (χ3v) is 4.16. The number of hydrogen-bond donors (Lipinski definition) is 0. The molecule has 3 nitrogen and oxygen atoms in total. The van der Waals surface area contributed by atoms with Crippen LogP contribution in [0, 0.1) is 0 Å². The number of rotatable bonds is 4. The molecule has 0 aliphatic carbocycles. The van der Waals surface area contributed by atoms with Crippen molar-refractivity contribution in [1.82, 2.24) is 9.88 Å². The fourth-order valence-electron chi connectivity index (χ4n) is 2.86. The minimum absolute atomic E-state index is 0.0661. The van der Waals surface area contributed by atoms with Gasteiger partial charge in [0.2, 0.25) is 0 Å². The molecule has 2 heterocycles. The molecule has 1 aromatic heterocycles. The lowest BCUT2D eigenvalue weighted by atomic mass is 10.1. The molecule has 0 amide bonds. The Hall–Kier alpha value is -1.82. The summed E-state index contributed by atoms with van der Waals surface area (Å²) in [5.41, 5.74) is 0. The number of pyridine rings is 1. The lowest BCUT2D eigenvalue weighted by Gasteiger charge is -2.32. The van der Waals surface area contributed by atoms with Crippen molar-refractivity contribution in [2.24, 2.45) is 0 Å². The number of nitrogens with zero attached hydrogens (tertiary/aromatic N) is 2. The van der Waals surface area contributed by atoms with Crippen LogP contribution in [0.2, 0.25) is 0 Å². The van der Waals surface area contributed by atoms with Crippen molar-refractivity contribution in [2.45, 2.75) is 31.5 Å². The molecule has 0 unspecified atom stereocenters. The van der Waals surface area contributed by atoms with E-state index in [2.05, 4.69) is 4.98 Å². The number of fused-ring (bicyclic) bond motifs is 1. The van der Waals surface area contributed by atoms with E-state index in [-0.39, 0.29) is 12.6 Å². The number of benzene rings is 1. The van der Waals surface area contributed by atoms with Crippen LogP contribution >= 0.6 is 0 Å². The maximum Gasteiger partial charge on any atom is 0.390 e. The van der Waals surface area contributed by atoms with Crippen LogP contribution in [-0.4, -0.2) is 41.8 Å². The smallest absolute Gasteiger partial charge is 0.390 e. The van der Waals surface area contributed by atoms with E-state index in [4.69, 9.17) is 4.74 Å². The molecule has 1 aromatic carbocycles. The van der Waals surface area contributed by atoms with Crippen molar-refractivity contribution in [3.05, 3.63) is 36.7 Å². The highest BCUT2D eigenvalue weighted by Crippen LogP contribution is 2.25. The number of aromatic nitrogens is 1. The molecule has 0 saturated carbocycles. The van der Waals surface area contributed by atoms with Crippen LogP contribution in [-0.2, 0) is 0 Å². The molecule has 0 atom stereocenters. The quantitative estimate of drug-likeness (QED) is 0.849. The zero-order valence-corrected chi connectivity index (χ0v) is 12.7. The summed E-state index contributed by atoms with van der Waals surface area (Å²) in [7, 11) is 0. The van der Waals surface area contributed by atoms with E-state index in [0.29, 0.717) is 13.1 Å². The number of piperidine rings is 1. The van der Waals surface area contributed by atoms with Gasteiger partial charge in [-0.1, -0.05) is 0 Å². The molecular formula is C17H19F3N2O. The minimum atomic E-state index is -4.08. The van der Waals surface area contributed by atoms with Crippen molar-refractivity contribution >= 4 is 10.8 Å². The Morgan fingerprint density at radius 2 is 1.91 bits per heavy atom. The Morgan fingerprint density at radius 3 is 2.65 bits per heavy atom. The van der Waals surface area contributed by atoms with Crippen molar-refractivity contribution in [2.75, 3.05) is 19.6 Å². The Morgan fingerprint density at radius 1 is 1.13 bits per heavy atom. The first kappa shape index (κ1) is 16.1. The normalized spacial score (nSPS) is 17.5. The number of alkyl halides is 3. The van der Waals surface area contributed by atoms with E-state index < -0.39 is 12.6 Å². The first-order chi connectivity index (χ1) is 11.0. The van der Waals surface area contributed by atoms with Crippen molar-refractivity contribution < 1.29 is 17.9 Å². The van der Waals surface area contributed by atoms with Crippen LogP contribution in [0.3, 0.4) is 0 Å². The van der Waals surface area contributed by atoms with Crippen LogP contribution in [0.25, 0.3) is 10.8 Å². The summed E-state index contributed by atoms with van der Waals surface area (Å²) in [6.45, 7) is 1.38. The molecule has 0 N–H and O–H groups in total. The molecule has 6 heteroatoms. The summed E-state index contributed by atoms with van der Waals surface area (Å²) >= 11 is 0. The van der Waals surface area contributed by atoms with Crippen LogP contribution in [0.1, 0.15) is 19.3 Å². The van der Waals surface area contributed by atoms with Crippen molar-refractivity contribution in [3.8, 4) is 5.75 Å². The summed E-state index contributed by atoms with van der Waals surface area (Å²) in [4.78, 5) is 5.94. The lowest BCUT2D eigenvalue weighted by Crippen LogP contribution is -2.39. The van der Waals surface area contributed by atoms with E-state index >= 15 is 0 Å². The Kier molecular flexibility index (Phi) is 4.71. The number of likely N-dealkylation sites (tertiary alicyclic amines) is 1.